The van der Waals surface area contributed by atoms with Gasteiger partial charge in [0.2, 0.25) is 5.91 Å². The molecule has 1 atom stereocenters. The normalized spacial score (nSPS) is 12.4. The maximum Gasteiger partial charge on any atom is 0.225 e. The number of hydrogen-bond acceptors (Lipinski definition) is 4. The second-order valence-corrected chi connectivity index (χ2v) is 5.10. The van der Waals surface area contributed by atoms with Crippen molar-refractivity contribution in [3.63, 3.8) is 0 Å². The first-order chi connectivity index (χ1) is 9.52. The van der Waals surface area contributed by atoms with Gasteiger partial charge in [0.15, 0.2) is 0 Å². The summed E-state index contributed by atoms with van der Waals surface area (Å²) in [6, 6.07) is 7.55. The topological polar surface area (TPSA) is 78.6 Å². The highest BCUT2D eigenvalue weighted by Gasteiger charge is 2.08. The van der Waals surface area contributed by atoms with Gasteiger partial charge in [0.1, 0.15) is 0 Å². The Hall–Kier alpha value is -1.43. The van der Waals surface area contributed by atoms with Crippen molar-refractivity contribution in [2.24, 2.45) is 5.73 Å². The fourth-order valence-electron chi connectivity index (χ4n) is 1.84. The predicted molar refractivity (Wildman–Crippen MR) is 81.4 cm³/mol. The van der Waals surface area contributed by atoms with Crippen LogP contribution in [0.1, 0.15) is 25.3 Å². The first-order valence-electron chi connectivity index (χ1n) is 6.97. The molecule has 1 amide bonds. The summed E-state index contributed by atoms with van der Waals surface area (Å²) in [4.78, 5) is 13.9. The minimum atomic E-state index is -0.303. The van der Waals surface area contributed by atoms with E-state index in [1.807, 2.05) is 36.2 Å². The Morgan fingerprint density at radius 1 is 1.40 bits per heavy atom. The number of hydrogen-bond donors (Lipinski definition) is 3. The SMILES string of the molecule is CC(O)CCN(C)CCC(=O)Nc1ccccc1CN. The third kappa shape index (κ3) is 6.14. The van der Waals surface area contributed by atoms with Crippen molar-refractivity contribution in [1.82, 2.24) is 4.90 Å². The summed E-state index contributed by atoms with van der Waals surface area (Å²) in [6.45, 7) is 3.63. The van der Waals surface area contributed by atoms with Gasteiger partial charge in [0.05, 0.1) is 6.10 Å². The minimum absolute atomic E-state index is 0.0187. The van der Waals surface area contributed by atoms with E-state index in [9.17, 15) is 9.90 Å². The fourth-order valence-corrected chi connectivity index (χ4v) is 1.84. The first-order valence-corrected chi connectivity index (χ1v) is 6.97. The molecule has 0 fully saturated rings. The summed E-state index contributed by atoms with van der Waals surface area (Å²) in [5, 5.41) is 12.1. The van der Waals surface area contributed by atoms with Crippen molar-refractivity contribution < 1.29 is 9.90 Å². The number of amides is 1. The van der Waals surface area contributed by atoms with Gasteiger partial charge in [-0.1, -0.05) is 18.2 Å². The summed E-state index contributed by atoms with van der Waals surface area (Å²) >= 11 is 0. The molecule has 1 aromatic rings. The number of nitrogens with one attached hydrogen (secondary N) is 1. The van der Waals surface area contributed by atoms with E-state index in [-0.39, 0.29) is 12.0 Å². The monoisotopic (exact) mass is 279 g/mol. The number of para-hydroxylation sites is 1. The molecule has 4 N–H and O–H groups in total. The molecule has 0 aliphatic carbocycles. The number of aliphatic hydroxyl groups is 1. The highest BCUT2D eigenvalue weighted by Crippen LogP contribution is 2.14. The molecule has 0 aliphatic rings. The van der Waals surface area contributed by atoms with Gasteiger partial charge < -0.3 is 21.1 Å². The van der Waals surface area contributed by atoms with Crippen LogP contribution in [0.5, 0.6) is 0 Å². The van der Waals surface area contributed by atoms with Crippen molar-refractivity contribution >= 4 is 11.6 Å². The van der Waals surface area contributed by atoms with Crippen molar-refractivity contribution in [3.05, 3.63) is 29.8 Å². The van der Waals surface area contributed by atoms with Crippen LogP contribution in [0.25, 0.3) is 0 Å². The molecule has 0 spiro atoms. The Morgan fingerprint density at radius 2 is 2.10 bits per heavy atom. The van der Waals surface area contributed by atoms with Gasteiger partial charge in [-0.05, 0) is 32.0 Å². The van der Waals surface area contributed by atoms with E-state index in [1.165, 1.54) is 0 Å². The maximum absolute atomic E-state index is 11.9. The van der Waals surface area contributed by atoms with E-state index < -0.39 is 0 Å². The zero-order valence-electron chi connectivity index (χ0n) is 12.3. The van der Waals surface area contributed by atoms with Crippen LogP contribution < -0.4 is 11.1 Å². The summed E-state index contributed by atoms with van der Waals surface area (Å²) in [7, 11) is 1.95. The number of carbonyl (C=O) groups excluding carboxylic acids is 1. The Kier molecular flexibility index (Phi) is 7.22. The average molecular weight is 279 g/mol. The molecule has 0 aromatic heterocycles. The molecule has 0 aliphatic heterocycles. The molecule has 0 saturated carbocycles. The van der Waals surface area contributed by atoms with Gasteiger partial charge in [-0.2, -0.15) is 0 Å². The van der Waals surface area contributed by atoms with Crippen molar-refractivity contribution in [2.75, 3.05) is 25.5 Å². The molecule has 0 saturated heterocycles. The van der Waals surface area contributed by atoms with E-state index in [0.29, 0.717) is 25.9 Å². The van der Waals surface area contributed by atoms with Crippen molar-refractivity contribution in [3.8, 4) is 0 Å². The molecule has 1 rings (SSSR count). The van der Waals surface area contributed by atoms with Crippen LogP contribution in [0.3, 0.4) is 0 Å². The van der Waals surface area contributed by atoms with Crippen LogP contribution in [0.15, 0.2) is 24.3 Å². The van der Waals surface area contributed by atoms with E-state index >= 15 is 0 Å². The number of anilines is 1. The van der Waals surface area contributed by atoms with E-state index in [0.717, 1.165) is 17.8 Å². The number of rotatable bonds is 8. The standard InChI is InChI=1S/C15H25N3O2/c1-12(19)7-9-18(2)10-8-15(20)17-14-6-4-3-5-13(14)11-16/h3-6,12,19H,7-11,16H2,1-2H3,(H,17,20). The zero-order chi connectivity index (χ0) is 15.0. The van der Waals surface area contributed by atoms with Crippen molar-refractivity contribution in [1.29, 1.82) is 0 Å². The number of nitrogens with two attached hydrogens (primary N) is 1. The third-order valence-electron chi connectivity index (χ3n) is 3.16. The van der Waals surface area contributed by atoms with Gasteiger partial charge in [-0.25, -0.2) is 0 Å². The lowest BCUT2D eigenvalue weighted by molar-refractivity contribution is -0.116. The number of carbonyl (C=O) groups is 1. The molecule has 1 aromatic carbocycles. The molecule has 5 nitrogen and oxygen atoms in total. The quantitative estimate of drug-likeness (QED) is 0.667. The van der Waals surface area contributed by atoms with Crippen LogP contribution >= 0.6 is 0 Å². The van der Waals surface area contributed by atoms with Gasteiger partial charge in [-0.3, -0.25) is 4.79 Å². The maximum atomic E-state index is 11.9. The second kappa shape index (κ2) is 8.68. The van der Waals surface area contributed by atoms with Crippen LogP contribution in [0.2, 0.25) is 0 Å². The largest absolute Gasteiger partial charge is 0.393 e. The molecule has 0 radical (unpaired) electrons. The molecule has 20 heavy (non-hydrogen) atoms. The predicted octanol–water partition coefficient (Wildman–Crippen LogP) is 1.18. The molecular formula is C15H25N3O2. The minimum Gasteiger partial charge on any atom is -0.393 e. The van der Waals surface area contributed by atoms with Gasteiger partial charge in [0, 0.05) is 31.7 Å². The van der Waals surface area contributed by atoms with E-state index in [4.69, 9.17) is 5.73 Å². The smallest absolute Gasteiger partial charge is 0.225 e. The zero-order valence-corrected chi connectivity index (χ0v) is 12.3. The highest BCUT2D eigenvalue weighted by molar-refractivity contribution is 5.91. The lowest BCUT2D eigenvalue weighted by atomic mass is 10.1. The lowest BCUT2D eigenvalue weighted by Gasteiger charge is -2.17. The second-order valence-electron chi connectivity index (χ2n) is 5.10. The van der Waals surface area contributed by atoms with Crippen LogP contribution in [0.4, 0.5) is 5.69 Å². The van der Waals surface area contributed by atoms with E-state index in [2.05, 4.69) is 5.32 Å². The number of nitrogens with zero attached hydrogens (tertiary/aromatic N) is 1. The van der Waals surface area contributed by atoms with Crippen molar-refractivity contribution in [2.45, 2.75) is 32.4 Å². The Morgan fingerprint density at radius 3 is 2.75 bits per heavy atom. The van der Waals surface area contributed by atoms with Gasteiger partial charge in [0.25, 0.3) is 0 Å². The lowest BCUT2D eigenvalue weighted by Crippen LogP contribution is -2.27. The van der Waals surface area contributed by atoms with E-state index in [1.54, 1.807) is 6.92 Å². The number of aliphatic hydroxyl groups excluding tert-OH is 1. The molecule has 0 heterocycles. The van der Waals surface area contributed by atoms with Crippen LogP contribution in [-0.2, 0) is 11.3 Å². The summed E-state index contributed by atoms with van der Waals surface area (Å²) in [5.74, 6) is -0.0187. The summed E-state index contributed by atoms with van der Waals surface area (Å²) in [5.41, 5.74) is 7.35. The third-order valence-corrected chi connectivity index (χ3v) is 3.16. The molecule has 5 heteroatoms. The Balaban J connectivity index is 2.36. The first kappa shape index (κ1) is 16.6. The average Bonchev–Trinajstić information content (AvgIpc) is 2.43. The van der Waals surface area contributed by atoms with Gasteiger partial charge >= 0.3 is 0 Å². The Labute approximate surface area is 120 Å². The molecular weight excluding hydrogens is 254 g/mol. The van der Waals surface area contributed by atoms with Crippen LogP contribution in [0, 0.1) is 0 Å². The van der Waals surface area contributed by atoms with Crippen LogP contribution in [-0.4, -0.2) is 42.2 Å². The molecule has 112 valence electrons. The highest BCUT2D eigenvalue weighted by atomic mass is 16.3. The summed E-state index contributed by atoms with van der Waals surface area (Å²) < 4.78 is 0. The Bertz CT molecular complexity index is 421. The molecule has 1 unspecified atom stereocenters. The number of benzene rings is 1. The van der Waals surface area contributed by atoms with Gasteiger partial charge in [-0.15, -0.1) is 0 Å². The fraction of sp³-hybridized carbons (Fsp3) is 0.533. The summed E-state index contributed by atoms with van der Waals surface area (Å²) in [6.07, 6.45) is 0.839. The molecule has 0 bridgehead atoms.